The van der Waals surface area contributed by atoms with Crippen LogP contribution in [0, 0.1) is 0 Å². The maximum atomic E-state index is 10.7. The van der Waals surface area contributed by atoms with Crippen molar-refractivity contribution in [2.24, 2.45) is 5.73 Å². The van der Waals surface area contributed by atoms with Gasteiger partial charge in [0.25, 0.3) is 0 Å². The van der Waals surface area contributed by atoms with E-state index in [1.165, 1.54) is 19.3 Å². The summed E-state index contributed by atoms with van der Waals surface area (Å²) in [7, 11) is 1.99. The highest BCUT2D eigenvalue weighted by Gasteiger charge is 2.00. The van der Waals surface area contributed by atoms with Gasteiger partial charge < -0.3 is 5.73 Å². The van der Waals surface area contributed by atoms with Crippen LogP contribution in [-0.4, -0.2) is 37.4 Å². The van der Waals surface area contributed by atoms with E-state index >= 15 is 0 Å². The minimum absolute atomic E-state index is 0.240. The van der Waals surface area contributed by atoms with Gasteiger partial charge in [0.15, 0.2) is 0 Å². The van der Waals surface area contributed by atoms with Crippen molar-refractivity contribution in [2.75, 3.05) is 26.7 Å². The van der Waals surface area contributed by atoms with Crippen LogP contribution < -0.4 is 5.73 Å². The van der Waals surface area contributed by atoms with Crippen molar-refractivity contribution in [3.8, 4) is 0 Å². The number of carbonyl (C=O) groups excluding carboxylic acids is 1. The Balaban J connectivity index is 0. The average molecular weight is 216 g/mol. The van der Waals surface area contributed by atoms with Crippen LogP contribution >= 0.6 is 0 Å². The fourth-order valence-electron chi connectivity index (χ4n) is 1.34. The molecule has 0 rings (SSSR count). The quantitative estimate of drug-likeness (QED) is 0.632. The first-order chi connectivity index (χ1) is 7.16. The number of nitrogens with zero attached hydrogens (tertiary/aromatic N) is 1. The van der Waals surface area contributed by atoms with E-state index < -0.39 is 0 Å². The van der Waals surface area contributed by atoms with E-state index in [1.807, 2.05) is 20.9 Å². The van der Waals surface area contributed by atoms with Crippen molar-refractivity contribution in [2.45, 2.75) is 46.5 Å². The summed E-state index contributed by atoms with van der Waals surface area (Å²) in [5.41, 5.74) is 5.38. The molecule has 0 aromatic heterocycles. The van der Waals surface area contributed by atoms with Gasteiger partial charge in [-0.1, -0.05) is 26.7 Å². The number of ketones is 1. The van der Waals surface area contributed by atoms with Crippen LogP contribution in [0.1, 0.15) is 46.5 Å². The zero-order valence-corrected chi connectivity index (χ0v) is 10.9. The molecule has 0 aromatic rings. The fraction of sp³-hybridized carbons (Fsp3) is 0.917. The Morgan fingerprint density at radius 1 is 1.13 bits per heavy atom. The van der Waals surface area contributed by atoms with Crippen molar-refractivity contribution in [1.29, 1.82) is 0 Å². The van der Waals surface area contributed by atoms with Gasteiger partial charge in [0, 0.05) is 0 Å². The number of hydrogen-bond acceptors (Lipinski definition) is 3. The lowest BCUT2D eigenvalue weighted by Crippen LogP contribution is -2.25. The second kappa shape index (κ2) is 13.6. The molecule has 0 aliphatic heterocycles. The second-order valence-electron chi connectivity index (χ2n) is 3.64. The Morgan fingerprint density at radius 2 is 1.67 bits per heavy atom. The number of rotatable bonds is 8. The Hall–Kier alpha value is -0.410. The Labute approximate surface area is 95.0 Å². The molecule has 0 bridgehead atoms. The number of likely N-dealkylation sites (N-methyl/N-ethyl adjacent to an activating group) is 1. The van der Waals surface area contributed by atoms with Gasteiger partial charge in [-0.15, -0.1) is 0 Å². The van der Waals surface area contributed by atoms with Gasteiger partial charge in [0.1, 0.15) is 5.78 Å². The molecule has 0 unspecified atom stereocenters. The topological polar surface area (TPSA) is 46.3 Å². The van der Waals surface area contributed by atoms with E-state index in [0.29, 0.717) is 6.54 Å². The Kier molecular flexibility index (Phi) is 15.4. The first-order valence-corrected chi connectivity index (χ1v) is 6.05. The molecule has 0 atom stereocenters. The summed E-state index contributed by atoms with van der Waals surface area (Å²) in [6.07, 6.45) is 4.73. The largest absolute Gasteiger partial charge is 0.330 e. The molecule has 0 aromatic carbocycles. The highest BCUT2D eigenvalue weighted by atomic mass is 16.1. The van der Waals surface area contributed by atoms with Crippen LogP contribution in [0.3, 0.4) is 0 Å². The lowest BCUT2D eigenvalue weighted by Gasteiger charge is -2.13. The van der Waals surface area contributed by atoms with Gasteiger partial charge >= 0.3 is 0 Å². The molecule has 0 spiro atoms. The second-order valence-corrected chi connectivity index (χ2v) is 3.64. The molecular weight excluding hydrogens is 188 g/mol. The van der Waals surface area contributed by atoms with Crippen molar-refractivity contribution in [3.05, 3.63) is 0 Å². The normalized spacial score (nSPS) is 9.73. The number of Topliss-reactive ketones (excluding diaryl/α,β-unsaturated/α-hetero) is 1. The molecule has 0 aliphatic carbocycles. The molecule has 0 saturated carbocycles. The smallest absolute Gasteiger partial charge is 0.143 e. The molecular formula is C12H28N2O. The molecule has 0 saturated heterocycles. The molecule has 0 fully saturated rings. The molecule has 0 heterocycles. The summed E-state index contributed by atoms with van der Waals surface area (Å²) in [6, 6.07) is 0. The maximum Gasteiger partial charge on any atom is 0.143 e. The summed E-state index contributed by atoms with van der Waals surface area (Å²) >= 11 is 0. The van der Waals surface area contributed by atoms with Crippen molar-refractivity contribution >= 4 is 5.78 Å². The molecule has 0 amide bonds. The highest BCUT2D eigenvalue weighted by Crippen LogP contribution is 1.99. The lowest BCUT2D eigenvalue weighted by molar-refractivity contribution is -0.117. The van der Waals surface area contributed by atoms with Crippen molar-refractivity contribution in [1.82, 2.24) is 4.90 Å². The minimum atomic E-state index is 0.240. The molecule has 0 aliphatic rings. The molecule has 2 N–H and O–H groups in total. The lowest BCUT2D eigenvalue weighted by atomic mass is 10.2. The van der Waals surface area contributed by atoms with Crippen LogP contribution in [0.4, 0.5) is 0 Å². The highest BCUT2D eigenvalue weighted by molar-refractivity contribution is 5.77. The SMILES string of the molecule is CC.CC(=O)CN(C)CCCCCCN. The Bertz CT molecular complexity index is 138. The van der Waals surface area contributed by atoms with Gasteiger partial charge in [-0.2, -0.15) is 0 Å². The van der Waals surface area contributed by atoms with E-state index in [-0.39, 0.29) is 5.78 Å². The maximum absolute atomic E-state index is 10.7. The van der Waals surface area contributed by atoms with Crippen molar-refractivity contribution in [3.63, 3.8) is 0 Å². The van der Waals surface area contributed by atoms with Crippen LogP contribution in [0.25, 0.3) is 0 Å². The molecule has 3 heteroatoms. The monoisotopic (exact) mass is 216 g/mol. The minimum Gasteiger partial charge on any atom is -0.330 e. The number of hydrogen-bond donors (Lipinski definition) is 1. The summed E-state index contributed by atoms with van der Waals surface area (Å²) < 4.78 is 0. The third kappa shape index (κ3) is 16.3. The summed E-state index contributed by atoms with van der Waals surface area (Å²) in [5.74, 6) is 0.240. The summed E-state index contributed by atoms with van der Waals surface area (Å²) in [4.78, 5) is 12.8. The third-order valence-electron chi connectivity index (χ3n) is 1.99. The molecule has 15 heavy (non-hydrogen) atoms. The summed E-state index contributed by atoms with van der Waals surface area (Å²) in [6.45, 7) is 8.02. The fourth-order valence-corrected chi connectivity index (χ4v) is 1.34. The van der Waals surface area contributed by atoms with E-state index in [9.17, 15) is 4.79 Å². The summed E-state index contributed by atoms with van der Waals surface area (Å²) in [5, 5.41) is 0. The predicted octanol–water partition coefficient (Wildman–Crippen LogP) is 2.05. The number of unbranched alkanes of at least 4 members (excludes halogenated alkanes) is 3. The van der Waals surface area contributed by atoms with Crippen LogP contribution in [0.15, 0.2) is 0 Å². The van der Waals surface area contributed by atoms with Crippen LogP contribution in [0.2, 0.25) is 0 Å². The van der Waals surface area contributed by atoms with E-state index in [2.05, 4.69) is 4.90 Å². The first kappa shape index (κ1) is 17.0. The number of nitrogens with two attached hydrogens (primary N) is 1. The average Bonchev–Trinajstić information content (AvgIpc) is 2.19. The van der Waals surface area contributed by atoms with Gasteiger partial charge in [0.05, 0.1) is 6.54 Å². The van der Waals surface area contributed by atoms with Gasteiger partial charge in [-0.05, 0) is 39.9 Å². The molecule has 92 valence electrons. The van der Waals surface area contributed by atoms with Gasteiger partial charge in [0.2, 0.25) is 0 Å². The zero-order chi connectivity index (χ0) is 12.1. The van der Waals surface area contributed by atoms with Crippen LogP contribution in [-0.2, 0) is 4.79 Å². The Morgan fingerprint density at radius 3 is 2.13 bits per heavy atom. The zero-order valence-electron chi connectivity index (χ0n) is 10.9. The van der Waals surface area contributed by atoms with Crippen molar-refractivity contribution < 1.29 is 4.79 Å². The van der Waals surface area contributed by atoms with E-state index in [1.54, 1.807) is 6.92 Å². The first-order valence-electron chi connectivity index (χ1n) is 6.05. The standard InChI is InChI=1S/C10H22N2O.C2H6/c1-10(13)9-12(2)8-6-4-3-5-7-11;1-2/h3-9,11H2,1-2H3;1-2H3. The molecule has 3 nitrogen and oxygen atoms in total. The molecule has 0 radical (unpaired) electrons. The predicted molar refractivity (Wildman–Crippen MR) is 67.0 cm³/mol. The third-order valence-corrected chi connectivity index (χ3v) is 1.99. The van der Waals surface area contributed by atoms with Gasteiger partial charge in [-0.25, -0.2) is 0 Å². The van der Waals surface area contributed by atoms with Gasteiger partial charge in [-0.3, -0.25) is 9.69 Å². The van der Waals surface area contributed by atoms with E-state index in [4.69, 9.17) is 5.73 Å². The number of carbonyl (C=O) groups is 1. The van der Waals surface area contributed by atoms with Crippen LogP contribution in [0.5, 0.6) is 0 Å². The van der Waals surface area contributed by atoms with E-state index in [0.717, 1.165) is 19.5 Å².